The average molecular weight is 756 g/mol. The summed E-state index contributed by atoms with van der Waals surface area (Å²) < 4.78 is 19.3. The van der Waals surface area contributed by atoms with Gasteiger partial charge in [0.1, 0.15) is 17.2 Å². The molecule has 0 fully saturated rings. The van der Waals surface area contributed by atoms with Gasteiger partial charge in [0.2, 0.25) is 0 Å². The molecule has 2 aromatic carbocycles. The van der Waals surface area contributed by atoms with Gasteiger partial charge in [-0.1, -0.05) is 67.5 Å². The maximum Gasteiger partial charge on any atom is 0.125 e. The Labute approximate surface area is 308 Å². The molecule has 0 unspecified atom stereocenters. The number of methoxy groups -OCH3 is 1. The third-order valence-electron chi connectivity index (χ3n) is 5.84. The Kier molecular flexibility index (Phi) is 22.5. The van der Waals surface area contributed by atoms with Gasteiger partial charge in [0.15, 0.2) is 0 Å². The number of thioether (sulfide) groups is 2. The molecule has 0 N–H and O–H groups in total. The Hall–Kier alpha value is -0.606. The third kappa shape index (κ3) is 16.8. The van der Waals surface area contributed by atoms with Gasteiger partial charge in [0.25, 0.3) is 0 Å². The zero-order valence-electron chi connectivity index (χ0n) is 27.6. The minimum atomic E-state index is 0. The van der Waals surface area contributed by atoms with Crippen LogP contribution in [0.3, 0.4) is 0 Å². The van der Waals surface area contributed by atoms with E-state index in [0.29, 0.717) is 45.4 Å². The van der Waals surface area contributed by atoms with Gasteiger partial charge in [-0.05, 0) is 72.6 Å². The van der Waals surface area contributed by atoms with Crippen LogP contribution in [-0.4, -0.2) is 30.8 Å². The van der Waals surface area contributed by atoms with Gasteiger partial charge < -0.3 is 64.7 Å². The smallest absolute Gasteiger partial charge is 0.125 e. The van der Waals surface area contributed by atoms with Crippen molar-refractivity contribution in [3.63, 3.8) is 0 Å². The molecule has 44 heavy (non-hydrogen) atoms. The Morgan fingerprint density at radius 2 is 1.20 bits per heavy atom. The third-order valence-corrected chi connectivity index (χ3v) is 10.1. The first-order chi connectivity index (χ1) is 20.2. The second kappa shape index (κ2) is 22.8. The van der Waals surface area contributed by atoms with Crippen molar-refractivity contribution in [3.05, 3.63) is 61.6 Å². The van der Waals surface area contributed by atoms with Gasteiger partial charge in [0, 0.05) is 27.0 Å². The van der Waals surface area contributed by atoms with Crippen molar-refractivity contribution >= 4 is 83.8 Å². The van der Waals surface area contributed by atoms with E-state index in [2.05, 4.69) is 55.4 Å². The van der Waals surface area contributed by atoms with Crippen LogP contribution in [-0.2, 0) is 67.0 Å². The molecule has 0 aromatic heterocycles. The summed E-state index contributed by atoms with van der Waals surface area (Å²) in [7, 11) is 1.66. The molecular formula is C34H48NiO3S6-4. The molecule has 0 spiro atoms. The summed E-state index contributed by atoms with van der Waals surface area (Å²) in [6.07, 6.45) is 1.96. The number of rotatable bonds is 15. The minimum absolute atomic E-state index is 0. The Bertz CT molecular complexity index is 1180. The van der Waals surface area contributed by atoms with E-state index in [9.17, 15) is 0 Å². The first-order valence-electron chi connectivity index (χ1n) is 14.7. The van der Waals surface area contributed by atoms with E-state index < -0.39 is 0 Å². The van der Waals surface area contributed by atoms with Crippen LogP contribution in [0.1, 0.15) is 84.9 Å². The molecule has 0 atom stereocenters. The van der Waals surface area contributed by atoms with Crippen LogP contribution in [0.4, 0.5) is 0 Å². The summed E-state index contributed by atoms with van der Waals surface area (Å²) >= 11 is 25.3. The maximum absolute atomic E-state index is 6.09. The van der Waals surface area contributed by atoms with Crippen LogP contribution < -0.4 is 14.2 Å². The van der Waals surface area contributed by atoms with Gasteiger partial charge in [-0.25, -0.2) is 0 Å². The molecule has 0 radical (unpaired) electrons. The first-order valence-corrected chi connectivity index (χ1v) is 18.1. The Morgan fingerprint density at radius 1 is 0.682 bits per heavy atom. The summed E-state index contributed by atoms with van der Waals surface area (Å²) in [5, 5.41) is 1.06. The van der Waals surface area contributed by atoms with Crippen molar-refractivity contribution in [2.75, 3.05) is 20.3 Å². The average Bonchev–Trinajstić information content (AvgIpc) is 2.92. The van der Waals surface area contributed by atoms with Gasteiger partial charge >= 0.3 is 0 Å². The fourth-order valence-corrected chi connectivity index (χ4v) is 6.75. The van der Waals surface area contributed by atoms with Crippen molar-refractivity contribution in [1.29, 1.82) is 0 Å². The summed E-state index contributed by atoms with van der Waals surface area (Å²) in [5.41, 5.74) is 2.71. The molecule has 0 heterocycles. The molecule has 2 rings (SSSR count). The normalized spacial score (nSPS) is 12.3. The largest absolute Gasteiger partial charge is 0.780 e. The number of ether oxygens (including phenoxy) is 3. The molecule has 0 aliphatic carbocycles. The van der Waals surface area contributed by atoms with E-state index in [0.717, 1.165) is 55.3 Å². The van der Waals surface area contributed by atoms with E-state index in [1.807, 2.05) is 43.3 Å². The van der Waals surface area contributed by atoms with Gasteiger partial charge in [-0.2, -0.15) is 41.8 Å². The van der Waals surface area contributed by atoms with Crippen LogP contribution in [0.5, 0.6) is 17.2 Å². The number of hydrogen-bond acceptors (Lipinski definition) is 9. The number of aryl methyl sites for hydroxylation is 1. The van der Waals surface area contributed by atoms with E-state index in [1.165, 1.54) is 0 Å². The second-order valence-corrected chi connectivity index (χ2v) is 16.8. The fourth-order valence-electron chi connectivity index (χ4n) is 3.46. The van der Waals surface area contributed by atoms with Crippen LogP contribution >= 0.6 is 23.5 Å². The number of benzene rings is 2. The Balaban J connectivity index is 0.00000121. The summed E-state index contributed by atoms with van der Waals surface area (Å²) in [4.78, 5) is 1.18. The monoisotopic (exact) mass is 754 g/mol. The van der Waals surface area contributed by atoms with Crippen LogP contribution in [0.2, 0.25) is 0 Å². The first kappa shape index (κ1) is 43.4. The van der Waals surface area contributed by atoms with Crippen molar-refractivity contribution in [2.24, 2.45) is 11.8 Å². The van der Waals surface area contributed by atoms with E-state index >= 15 is 0 Å². The zero-order chi connectivity index (χ0) is 32.7. The SMILES string of the molecule is CC(C)S/C([S-])=C(/[S-])SC(C)C.COc1cc(/C([S-])=C(/[S-])c2cc(OCCC(C)C)ccc2OCCC(C)C)ccc1C.[Ni]. The molecular weight excluding hydrogens is 707 g/mol. The summed E-state index contributed by atoms with van der Waals surface area (Å²) in [6.45, 7) is 20.5. The van der Waals surface area contributed by atoms with Gasteiger partial charge in [-0.15, -0.1) is 0 Å². The molecule has 0 aliphatic rings. The molecule has 0 saturated carbocycles. The minimum Gasteiger partial charge on any atom is -0.780 e. The molecule has 0 amide bonds. The molecule has 0 bridgehead atoms. The van der Waals surface area contributed by atoms with Crippen LogP contribution in [0, 0.1) is 18.8 Å². The zero-order valence-corrected chi connectivity index (χ0v) is 33.5. The van der Waals surface area contributed by atoms with Gasteiger partial charge in [0.05, 0.1) is 20.3 Å². The Morgan fingerprint density at radius 3 is 1.68 bits per heavy atom. The molecule has 3 nitrogen and oxygen atoms in total. The topological polar surface area (TPSA) is 27.7 Å². The molecule has 0 saturated heterocycles. The predicted molar refractivity (Wildman–Crippen MR) is 203 cm³/mol. The molecule has 10 heteroatoms. The predicted octanol–water partition coefficient (Wildman–Crippen LogP) is 10.3. The van der Waals surface area contributed by atoms with Crippen LogP contribution in [0.25, 0.3) is 9.81 Å². The fraction of sp³-hybridized carbons (Fsp3) is 0.529. The molecule has 2 aromatic rings. The van der Waals surface area contributed by atoms with E-state index in [1.54, 1.807) is 30.6 Å². The van der Waals surface area contributed by atoms with Crippen molar-refractivity contribution in [1.82, 2.24) is 0 Å². The summed E-state index contributed by atoms with van der Waals surface area (Å²) in [5.74, 6) is 3.46. The molecule has 0 aliphatic heterocycles. The standard InChI is InChI=1S/C26H36O3S2.C8H16S4.Ni/c1-17(2)11-13-28-21-9-10-23(29-14-12-18(3)4)22(16-21)26(31)25(30)20-8-7-19(5)24(15-20)27-6;1-5(2)11-7(9)8(10)12-6(3)4;/h7-10,15-18,30-31H,11-14H2,1-6H3;5-6,9-10H,1-4H3;/p-4/b26-25-;8-7-;. The van der Waals surface area contributed by atoms with Crippen molar-refractivity contribution in [2.45, 2.75) is 85.7 Å². The second-order valence-electron chi connectivity index (χ2n) is 11.5. The quantitative estimate of drug-likeness (QED) is 0.100. The maximum atomic E-state index is 6.09. The van der Waals surface area contributed by atoms with Gasteiger partial charge in [-0.3, -0.25) is 0 Å². The van der Waals surface area contributed by atoms with E-state index in [4.69, 9.17) is 64.7 Å². The van der Waals surface area contributed by atoms with E-state index in [-0.39, 0.29) is 16.5 Å². The van der Waals surface area contributed by atoms with Crippen molar-refractivity contribution in [3.8, 4) is 17.2 Å². The number of hydrogen-bond donors (Lipinski definition) is 0. The van der Waals surface area contributed by atoms with Crippen LogP contribution in [0.15, 0.2) is 44.9 Å². The summed E-state index contributed by atoms with van der Waals surface area (Å²) in [6, 6.07) is 11.7. The molecule has 252 valence electrons. The van der Waals surface area contributed by atoms with Crippen molar-refractivity contribution < 1.29 is 30.7 Å².